The largest absolute Gasteiger partial charge is 0.370 e. The molecule has 122 valence electrons. The van der Waals surface area contributed by atoms with E-state index in [0.717, 1.165) is 50.3 Å². The summed E-state index contributed by atoms with van der Waals surface area (Å²) in [6.45, 7) is 2.52. The van der Waals surface area contributed by atoms with Crippen LogP contribution in [-0.2, 0) is 10.0 Å². The monoisotopic (exact) mass is 334 g/mol. The van der Waals surface area contributed by atoms with Gasteiger partial charge in [-0.15, -0.1) is 0 Å². The second kappa shape index (κ2) is 7.69. The number of hydrogen-bond acceptors (Lipinski definition) is 4. The summed E-state index contributed by atoms with van der Waals surface area (Å²) in [6.07, 6.45) is 5.35. The van der Waals surface area contributed by atoms with Gasteiger partial charge in [0.15, 0.2) is 5.96 Å². The van der Waals surface area contributed by atoms with Crippen LogP contribution in [0.2, 0.25) is 0 Å². The van der Waals surface area contributed by atoms with E-state index < -0.39 is 10.0 Å². The molecule has 1 saturated heterocycles. The fraction of sp³-hybridized carbons (Fsp3) is 0.923. The Bertz CT molecular complexity index is 461. The molecule has 2 aliphatic rings. The Kier molecular flexibility index (Phi) is 6.19. The van der Waals surface area contributed by atoms with Gasteiger partial charge in [-0.2, -0.15) is 11.8 Å². The SMILES string of the molecule is CS(=O)(=O)NC1CCCCC1CN=C(N)N1CCSCC1. The normalized spacial score (nSPS) is 28.6. The summed E-state index contributed by atoms with van der Waals surface area (Å²) in [7, 11) is -3.16. The van der Waals surface area contributed by atoms with Gasteiger partial charge >= 0.3 is 0 Å². The lowest BCUT2D eigenvalue weighted by Crippen LogP contribution is -2.45. The number of hydrogen-bond donors (Lipinski definition) is 2. The molecule has 21 heavy (non-hydrogen) atoms. The van der Waals surface area contributed by atoms with Crippen LogP contribution in [0.1, 0.15) is 25.7 Å². The first-order valence-electron chi connectivity index (χ1n) is 7.55. The topological polar surface area (TPSA) is 87.8 Å². The molecular formula is C13H26N4O2S2. The standard InChI is InChI=1S/C13H26N4O2S2/c1-21(18,19)16-12-5-3-2-4-11(12)10-15-13(14)17-6-8-20-9-7-17/h11-12,16H,2-10H2,1H3,(H2,14,15). The molecule has 0 spiro atoms. The number of nitrogens with zero attached hydrogens (tertiary/aromatic N) is 2. The summed E-state index contributed by atoms with van der Waals surface area (Å²) in [5, 5.41) is 0. The minimum atomic E-state index is -3.16. The Balaban J connectivity index is 1.92. The molecule has 0 aromatic carbocycles. The van der Waals surface area contributed by atoms with E-state index in [9.17, 15) is 8.42 Å². The van der Waals surface area contributed by atoms with E-state index in [1.54, 1.807) is 0 Å². The maximum atomic E-state index is 11.4. The quantitative estimate of drug-likeness (QED) is 0.576. The number of sulfonamides is 1. The molecule has 2 rings (SSSR count). The van der Waals surface area contributed by atoms with Gasteiger partial charge in [0.1, 0.15) is 0 Å². The van der Waals surface area contributed by atoms with Crippen LogP contribution in [0.4, 0.5) is 0 Å². The van der Waals surface area contributed by atoms with Crippen LogP contribution >= 0.6 is 11.8 Å². The van der Waals surface area contributed by atoms with Gasteiger partial charge in [-0.25, -0.2) is 13.1 Å². The van der Waals surface area contributed by atoms with Crippen LogP contribution in [-0.4, -0.2) is 62.7 Å². The molecule has 1 saturated carbocycles. The smallest absolute Gasteiger partial charge is 0.208 e. The zero-order valence-corrected chi connectivity index (χ0v) is 14.3. The summed E-state index contributed by atoms with van der Waals surface area (Å²) in [6, 6.07) is 0.00205. The Labute approximate surface area is 132 Å². The maximum Gasteiger partial charge on any atom is 0.208 e. The second-order valence-corrected chi connectivity index (χ2v) is 8.84. The van der Waals surface area contributed by atoms with Crippen molar-refractivity contribution in [3.05, 3.63) is 0 Å². The Morgan fingerprint density at radius 1 is 1.33 bits per heavy atom. The van der Waals surface area contributed by atoms with Crippen LogP contribution in [0.5, 0.6) is 0 Å². The van der Waals surface area contributed by atoms with Crippen molar-refractivity contribution in [2.24, 2.45) is 16.6 Å². The van der Waals surface area contributed by atoms with E-state index >= 15 is 0 Å². The second-order valence-electron chi connectivity index (χ2n) is 5.84. The third kappa shape index (κ3) is 5.67. The zero-order chi connectivity index (χ0) is 15.3. The molecule has 2 atom stereocenters. The van der Waals surface area contributed by atoms with Gasteiger partial charge in [0.25, 0.3) is 0 Å². The average Bonchev–Trinajstić information content (AvgIpc) is 2.45. The van der Waals surface area contributed by atoms with Gasteiger partial charge < -0.3 is 10.6 Å². The lowest BCUT2D eigenvalue weighted by molar-refractivity contribution is 0.296. The van der Waals surface area contributed by atoms with Gasteiger partial charge in [0.2, 0.25) is 10.0 Å². The number of nitrogens with two attached hydrogens (primary N) is 1. The number of thioether (sulfide) groups is 1. The van der Waals surface area contributed by atoms with E-state index in [1.165, 1.54) is 6.26 Å². The lowest BCUT2D eigenvalue weighted by Gasteiger charge is -2.31. The van der Waals surface area contributed by atoms with E-state index in [0.29, 0.717) is 12.5 Å². The molecular weight excluding hydrogens is 308 g/mol. The molecule has 3 N–H and O–H groups in total. The Morgan fingerprint density at radius 3 is 2.67 bits per heavy atom. The van der Waals surface area contributed by atoms with Crippen LogP contribution in [0.25, 0.3) is 0 Å². The van der Waals surface area contributed by atoms with Crippen LogP contribution in [0, 0.1) is 5.92 Å². The number of guanidine groups is 1. The maximum absolute atomic E-state index is 11.4. The summed E-state index contributed by atoms with van der Waals surface area (Å²) >= 11 is 1.94. The lowest BCUT2D eigenvalue weighted by atomic mass is 9.85. The van der Waals surface area contributed by atoms with Crippen molar-refractivity contribution in [2.45, 2.75) is 31.7 Å². The van der Waals surface area contributed by atoms with Gasteiger partial charge in [0.05, 0.1) is 6.26 Å². The van der Waals surface area contributed by atoms with Crippen LogP contribution < -0.4 is 10.5 Å². The Hall–Kier alpha value is -0.470. The van der Waals surface area contributed by atoms with Crippen molar-refractivity contribution >= 4 is 27.7 Å². The molecule has 0 aromatic rings. The first kappa shape index (κ1) is 16.9. The molecule has 0 amide bonds. The zero-order valence-electron chi connectivity index (χ0n) is 12.6. The minimum absolute atomic E-state index is 0.00205. The third-order valence-corrected chi connectivity index (χ3v) is 5.77. The Morgan fingerprint density at radius 2 is 2.00 bits per heavy atom. The molecule has 6 nitrogen and oxygen atoms in total. The summed E-state index contributed by atoms with van der Waals surface area (Å²) in [5.74, 6) is 3.06. The number of nitrogens with one attached hydrogen (secondary N) is 1. The predicted molar refractivity (Wildman–Crippen MR) is 89.1 cm³/mol. The van der Waals surface area contributed by atoms with Gasteiger partial charge in [-0.1, -0.05) is 12.8 Å². The average molecular weight is 335 g/mol. The number of rotatable bonds is 4. The first-order chi connectivity index (χ1) is 9.96. The van der Waals surface area contributed by atoms with Gasteiger partial charge in [-0.05, 0) is 18.8 Å². The summed E-state index contributed by atoms with van der Waals surface area (Å²) in [4.78, 5) is 6.65. The van der Waals surface area contributed by atoms with Crippen LogP contribution in [0.3, 0.4) is 0 Å². The van der Waals surface area contributed by atoms with E-state index in [1.807, 2.05) is 11.8 Å². The molecule has 2 unspecified atom stereocenters. The number of aliphatic imine (C=N–C) groups is 1. The van der Waals surface area contributed by atoms with Crippen molar-refractivity contribution in [3.63, 3.8) is 0 Å². The van der Waals surface area contributed by atoms with E-state index in [-0.39, 0.29) is 12.0 Å². The highest BCUT2D eigenvalue weighted by Gasteiger charge is 2.27. The van der Waals surface area contributed by atoms with Crippen molar-refractivity contribution in [1.82, 2.24) is 9.62 Å². The summed E-state index contributed by atoms with van der Waals surface area (Å²) < 4.78 is 25.7. The van der Waals surface area contributed by atoms with E-state index in [2.05, 4.69) is 14.6 Å². The van der Waals surface area contributed by atoms with E-state index in [4.69, 9.17) is 5.73 Å². The third-order valence-electron chi connectivity index (χ3n) is 4.10. The molecule has 0 radical (unpaired) electrons. The fourth-order valence-corrected chi connectivity index (χ4v) is 4.72. The first-order valence-corrected chi connectivity index (χ1v) is 10.6. The van der Waals surface area contributed by atoms with Crippen molar-refractivity contribution in [2.75, 3.05) is 37.4 Å². The molecule has 1 aliphatic heterocycles. The highest BCUT2D eigenvalue weighted by Crippen LogP contribution is 2.25. The van der Waals surface area contributed by atoms with Crippen molar-refractivity contribution in [3.8, 4) is 0 Å². The highest BCUT2D eigenvalue weighted by molar-refractivity contribution is 7.99. The molecule has 0 aromatic heterocycles. The summed E-state index contributed by atoms with van der Waals surface area (Å²) in [5.41, 5.74) is 6.07. The van der Waals surface area contributed by atoms with Crippen molar-refractivity contribution < 1.29 is 8.42 Å². The molecule has 2 fully saturated rings. The molecule has 1 heterocycles. The van der Waals surface area contributed by atoms with Gasteiger partial charge in [-0.3, -0.25) is 4.99 Å². The fourth-order valence-electron chi connectivity index (χ4n) is 2.96. The predicted octanol–water partition coefficient (Wildman–Crippen LogP) is 0.458. The van der Waals surface area contributed by atoms with Crippen LogP contribution in [0.15, 0.2) is 4.99 Å². The molecule has 0 bridgehead atoms. The minimum Gasteiger partial charge on any atom is -0.370 e. The van der Waals surface area contributed by atoms with Crippen molar-refractivity contribution in [1.29, 1.82) is 0 Å². The van der Waals surface area contributed by atoms with Gasteiger partial charge in [0, 0.05) is 37.2 Å². The molecule has 1 aliphatic carbocycles. The molecule has 8 heteroatoms. The highest BCUT2D eigenvalue weighted by atomic mass is 32.2.